The fourth-order valence-corrected chi connectivity index (χ4v) is 3.23. The van der Waals surface area contributed by atoms with Crippen LogP contribution in [0, 0.1) is 10.1 Å². The second-order valence-corrected chi connectivity index (χ2v) is 7.57. The summed E-state index contributed by atoms with van der Waals surface area (Å²) in [6, 6.07) is 10.6. The number of hydrogen-bond acceptors (Lipinski definition) is 6. The molecule has 2 aromatic rings. The van der Waals surface area contributed by atoms with Crippen LogP contribution in [-0.2, 0) is 4.79 Å². The first-order valence-corrected chi connectivity index (χ1v) is 9.98. The molecule has 0 spiro atoms. The zero-order valence-electron chi connectivity index (χ0n) is 17.6. The molecule has 1 aliphatic heterocycles. The summed E-state index contributed by atoms with van der Waals surface area (Å²) in [4.78, 5) is 60.0. The van der Waals surface area contributed by atoms with Crippen molar-refractivity contribution in [2.45, 2.75) is 19.8 Å². The Balaban J connectivity index is 1.48. The third-order valence-corrected chi connectivity index (χ3v) is 5.04. The average molecular weight is 438 g/mol. The smallest absolute Gasteiger partial charge is 0.270 e. The molecule has 0 atom stereocenters. The number of benzene rings is 2. The molecule has 0 radical (unpaired) electrons. The topological polar surface area (TPSA) is 139 Å². The van der Waals surface area contributed by atoms with Gasteiger partial charge in [-0.15, -0.1) is 0 Å². The number of nitrogens with one attached hydrogen (secondary N) is 2. The maximum Gasteiger partial charge on any atom is 0.270 e. The number of nitro groups is 1. The molecule has 166 valence electrons. The van der Waals surface area contributed by atoms with E-state index in [0.29, 0.717) is 11.5 Å². The number of carbonyl (C=O) groups excluding carboxylic acids is 4. The number of rotatable bonds is 8. The van der Waals surface area contributed by atoms with Crippen molar-refractivity contribution >= 4 is 29.3 Å². The number of non-ortho nitro benzene ring substituents is 1. The molecule has 1 heterocycles. The molecule has 2 N–H and O–H groups in total. The van der Waals surface area contributed by atoms with Crippen LogP contribution < -0.4 is 10.6 Å². The molecule has 0 saturated carbocycles. The van der Waals surface area contributed by atoms with Crippen molar-refractivity contribution in [1.82, 2.24) is 15.5 Å². The number of hydrogen-bond donors (Lipinski definition) is 2. The molecule has 0 unspecified atom stereocenters. The lowest BCUT2D eigenvalue weighted by Gasteiger charge is -2.14. The van der Waals surface area contributed by atoms with Gasteiger partial charge >= 0.3 is 0 Å². The van der Waals surface area contributed by atoms with E-state index in [1.54, 1.807) is 12.1 Å². The molecule has 0 fully saturated rings. The van der Waals surface area contributed by atoms with E-state index in [1.165, 1.54) is 6.07 Å². The molecule has 4 amide bonds. The van der Waals surface area contributed by atoms with Gasteiger partial charge in [-0.05, 0) is 29.7 Å². The van der Waals surface area contributed by atoms with Gasteiger partial charge in [-0.1, -0.05) is 26.0 Å². The van der Waals surface area contributed by atoms with Crippen LogP contribution in [0.1, 0.15) is 56.4 Å². The second kappa shape index (κ2) is 9.38. The van der Waals surface area contributed by atoms with E-state index in [9.17, 15) is 29.3 Å². The maximum atomic E-state index is 12.4. The Morgan fingerprint density at radius 2 is 1.59 bits per heavy atom. The molecule has 0 aliphatic carbocycles. The highest BCUT2D eigenvalue weighted by atomic mass is 16.6. The first kappa shape index (κ1) is 22.6. The number of nitro benzene ring substituents is 1. The first-order valence-electron chi connectivity index (χ1n) is 9.98. The zero-order valence-corrected chi connectivity index (χ0v) is 17.6. The minimum absolute atomic E-state index is 0.0177. The normalized spacial score (nSPS) is 12.7. The van der Waals surface area contributed by atoms with Crippen molar-refractivity contribution < 1.29 is 24.1 Å². The van der Waals surface area contributed by atoms with E-state index in [1.807, 2.05) is 12.1 Å². The van der Waals surface area contributed by atoms with Crippen LogP contribution in [0.5, 0.6) is 0 Å². The molecule has 0 saturated heterocycles. The molecular formula is C22H22N4O6. The Labute approximate surface area is 183 Å². The fourth-order valence-electron chi connectivity index (χ4n) is 3.23. The SMILES string of the molecule is CC(C)c1ccc(C(=O)NCCNC(=O)CN2C(=O)c3ccc([N+](=O)[O-])cc3C2=O)cc1. The number of amides is 4. The van der Waals surface area contributed by atoms with E-state index in [2.05, 4.69) is 24.5 Å². The largest absolute Gasteiger partial charge is 0.353 e. The first-order chi connectivity index (χ1) is 15.2. The van der Waals surface area contributed by atoms with Gasteiger partial charge in [-0.2, -0.15) is 0 Å². The summed E-state index contributed by atoms with van der Waals surface area (Å²) in [7, 11) is 0. The Morgan fingerprint density at radius 3 is 2.22 bits per heavy atom. The van der Waals surface area contributed by atoms with Crippen LogP contribution in [0.25, 0.3) is 0 Å². The highest BCUT2D eigenvalue weighted by Crippen LogP contribution is 2.26. The van der Waals surface area contributed by atoms with Gasteiger partial charge in [-0.25, -0.2) is 0 Å². The Hall–Kier alpha value is -4.08. The van der Waals surface area contributed by atoms with Crippen LogP contribution in [-0.4, -0.2) is 53.1 Å². The van der Waals surface area contributed by atoms with Gasteiger partial charge in [-0.3, -0.25) is 34.2 Å². The van der Waals surface area contributed by atoms with Crippen LogP contribution in [0.2, 0.25) is 0 Å². The molecule has 0 bridgehead atoms. The summed E-state index contributed by atoms with van der Waals surface area (Å²) >= 11 is 0. The van der Waals surface area contributed by atoms with Crippen molar-refractivity contribution in [3.05, 3.63) is 74.8 Å². The van der Waals surface area contributed by atoms with Crippen LogP contribution in [0.4, 0.5) is 5.69 Å². The minimum Gasteiger partial charge on any atom is -0.353 e. The van der Waals surface area contributed by atoms with Crippen LogP contribution in [0.3, 0.4) is 0 Å². The number of carbonyl (C=O) groups is 4. The third kappa shape index (κ3) is 4.80. The van der Waals surface area contributed by atoms with Gasteiger partial charge < -0.3 is 10.6 Å². The molecule has 3 rings (SSSR count). The van der Waals surface area contributed by atoms with Crippen molar-refractivity contribution in [2.75, 3.05) is 19.6 Å². The Bertz CT molecular complexity index is 1090. The lowest BCUT2D eigenvalue weighted by atomic mass is 10.0. The van der Waals surface area contributed by atoms with Crippen LogP contribution >= 0.6 is 0 Å². The van der Waals surface area contributed by atoms with Gasteiger partial charge in [0.05, 0.1) is 16.1 Å². The summed E-state index contributed by atoms with van der Waals surface area (Å²) in [5.74, 6) is -1.96. The lowest BCUT2D eigenvalue weighted by Crippen LogP contribution is -2.42. The Kier molecular flexibility index (Phi) is 6.62. The highest BCUT2D eigenvalue weighted by molar-refractivity contribution is 6.22. The summed E-state index contributed by atoms with van der Waals surface area (Å²) in [5.41, 5.74) is 1.22. The highest BCUT2D eigenvalue weighted by Gasteiger charge is 2.37. The minimum atomic E-state index is -0.762. The van der Waals surface area contributed by atoms with Gasteiger partial charge in [0.1, 0.15) is 6.54 Å². The van der Waals surface area contributed by atoms with E-state index in [0.717, 1.165) is 22.6 Å². The van der Waals surface area contributed by atoms with Crippen molar-refractivity contribution in [3.8, 4) is 0 Å². The van der Waals surface area contributed by atoms with Gasteiger partial charge in [0.25, 0.3) is 23.4 Å². The van der Waals surface area contributed by atoms with Crippen molar-refractivity contribution in [1.29, 1.82) is 0 Å². The molecule has 32 heavy (non-hydrogen) atoms. The van der Waals surface area contributed by atoms with Gasteiger partial charge in [0, 0.05) is 30.8 Å². The molecule has 2 aromatic carbocycles. The predicted molar refractivity (Wildman–Crippen MR) is 114 cm³/mol. The Morgan fingerprint density at radius 1 is 0.969 bits per heavy atom. The van der Waals surface area contributed by atoms with E-state index >= 15 is 0 Å². The fraction of sp³-hybridized carbons (Fsp3) is 0.273. The summed E-state index contributed by atoms with van der Waals surface area (Å²) in [6.07, 6.45) is 0. The average Bonchev–Trinajstić information content (AvgIpc) is 3.00. The monoisotopic (exact) mass is 438 g/mol. The number of nitrogens with zero attached hydrogens (tertiary/aromatic N) is 2. The summed E-state index contributed by atoms with van der Waals surface area (Å²) in [6.45, 7) is 3.85. The second-order valence-electron chi connectivity index (χ2n) is 7.57. The standard InChI is InChI=1S/C22H22N4O6/c1-13(2)14-3-5-15(6-4-14)20(28)24-10-9-23-19(27)12-25-21(29)17-8-7-16(26(31)32)11-18(17)22(25)30/h3-8,11,13H,9-10,12H2,1-2H3,(H,23,27)(H,24,28). The van der Waals surface area contributed by atoms with Crippen molar-refractivity contribution in [3.63, 3.8) is 0 Å². The quantitative estimate of drug-likeness (QED) is 0.279. The third-order valence-electron chi connectivity index (χ3n) is 5.04. The number of imide groups is 1. The molecule has 10 heteroatoms. The molecule has 10 nitrogen and oxygen atoms in total. The molecular weight excluding hydrogens is 416 g/mol. The molecule has 0 aromatic heterocycles. The zero-order chi connectivity index (χ0) is 23.4. The van der Waals surface area contributed by atoms with Crippen molar-refractivity contribution in [2.24, 2.45) is 0 Å². The van der Waals surface area contributed by atoms with E-state index < -0.39 is 29.2 Å². The predicted octanol–water partition coefficient (Wildman–Crippen LogP) is 1.86. The maximum absolute atomic E-state index is 12.4. The van der Waals surface area contributed by atoms with E-state index in [-0.39, 0.29) is 35.8 Å². The summed E-state index contributed by atoms with van der Waals surface area (Å²) in [5, 5.41) is 16.1. The lowest BCUT2D eigenvalue weighted by molar-refractivity contribution is -0.384. The molecule has 1 aliphatic rings. The summed E-state index contributed by atoms with van der Waals surface area (Å²) < 4.78 is 0. The number of fused-ring (bicyclic) bond motifs is 1. The van der Waals surface area contributed by atoms with Gasteiger partial charge in [0.2, 0.25) is 5.91 Å². The van der Waals surface area contributed by atoms with Gasteiger partial charge in [0.15, 0.2) is 0 Å². The van der Waals surface area contributed by atoms with E-state index in [4.69, 9.17) is 0 Å². The van der Waals surface area contributed by atoms with Crippen LogP contribution in [0.15, 0.2) is 42.5 Å².